The van der Waals surface area contributed by atoms with Crippen molar-refractivity contribution in [3.63, 3.8) is 0 Å². The van der Waals surface area contributed by atoms with Crippen molar-refractivity contribution in [2.45, 2.75) is 12.3 Å². The van der Waals surface area contributed by atoms with Crippen LogP contribution >= 0.6 is 0 Å². The Hall–Kier alpha value is -2.62. The molecule has 0 spiro atoms. The fourth-order valence-corrected chi connectivity index (χ4v) is 3.12. The lowest BCUT2D eigenvalue weighted by molar-refractivity contribution is -0.0735. The smallest absolute Gasteiger partial charge is 0.176 e. The second-order valence-electron chi connectivity index (χ2n) is 5.95. The summed E-state index contributed by atoms with van der Waals surface area (Å²) in [6.07, 6.45) is -0.145. The number of rotatable bonds is 3. The van der Waals surface area contributed by atoms with Crippen molar-refractivity contribution in [1.29, 1.82) is 0 Å². The molecule has 120 valence electrons. The van der Waals surface area contributed by atoms with E-state index in [4.69, 9.17) is 4.84 Å². The third kappa shape index (κ3) is 3.04. The topological polar surface area (TPSA) is 24.5 Å². The zero-order valence-electron chi connectivity index (χ0n) is 13.4. The molecule has 0 aliphatic carbocycles. The van der Waals surface area contributed by atoms with Crippen LogP contribution in [-0.2, 0) is 4.84 Å². The standard InChI is InChI=1S/C21H20N2O/c1-4-10-17(11-5-1)20-16-23(19-14-8-3-9-15-19)21(24-22-20)18-12-6-2-7-13-18/h1-15,20-22H,16H2. The average Bonchev–Trinajstić information content (AvgIpc) is 2.69. The first-order valence-corrected chi connectivity index (χ1v) is 8.24. The molecule has 2 unspecified atom stereocenters. The zero-order chi connectivity index (χ0) is 16.2. The van der Waals surface area contributed by atoms with Gasteiger partial charge in [0, 0.05) is 17.8 Å². The van der Waals surface area contributed by atoms with Gasteiger partial charge in [-0.1, -0.05) is 78.9 Å². The summed E-state index contributed by atoms with van der Waals surface area (Å²) in [6.45, 7) is 0.841. The Morgan fingerprint density at radius 1 is 0.708 bits per heavy atom. The van der Waals surface area contributed by atoms with E-state index < -0.39 is 0 Å². The second-order valence-corrected chi connectivity index (χ2v) is 5.95. The Bertz CT molecular complexity index is 762. The first kappa shape index (κ1) is 14.9. The zero-order valence-corrected chi connectivity index (χ0v) is 13.4. The molecule has 1 aliphatic heterocycles. The summed E-state index contributed by atoms with van der Waals surface area (Å²) in [6, 6.07) is 31.3. The molecule has 3 aromatic carbocycles. The molecule has 24 heavy (non-hydrogen) atoms. The van der Waals surface area contributed by atoms with E-state index >= 15 is 0 Å². The van der Waals surface area contributed by atoms with Crippen LogP contribution in [0.3, 0.4) is 0 Å². The van der Waals surface area contributed by atoms with Gasteiger partial charge in [0.15, 0.2) is 6.23 Å². The van der Waals surface area contributed by atoms with E-state index in [0.717, 1.165) is 17.8 Å². The van der Waals surface area contributed by atoms with Crippen LogP contribution in [0.5, 0.6) is 0 Å². The molecule has 0 saturated carbocycles. The highest BCUT2D eigenvalue weighted by atomic mass is 16.7. The van der Waals surface area contributed by atoms with Crippen LogP contribution in [-0.4, -0.2) is 6.54 Å². The Kier molecular flexibility index (Phi) is 4.28. The summed E-state index contributed by atoms with van der Waals surface area (Å²) < 4.78 is 0. The molecular weight excluding hydrogens is 296 g/mol. The number of anilines is 1. The van der Waals surface area contributed by atoms with Gasteiger partial charge in [-0.2, -0.15) is 5.48 Å². The van der Waals surface area contributed by atoms with Crippen LogP contribution < -0.4 is 10.4 Å². The maximum absolute atomic E-state index is 6.07. The highest BCUT2D eigenvalue weighted by molar-refractivity contribution is 5.49. The minimum atomic E-state index is -0.145. The molecule has 0 aromatic heterocycles. The normalized spacial score (nSPS) is 20.8. The SMILES string of the molecule is c1ccc(C2CN(c3ccccc3)C(c3ccccc3)ON2)cc1. The highest BCUT2D eigenvalue weighted by Crippen LogP contribution is 2.33. The molecule has 3 heteroatoms. The van der Waals surface area contributed by atoms with E-state index in [-0.39, 0.29) is 12.3 Å². The van der Waals surface area contributed by atoms with E-state index in [0.29, 0.717) is 0 Å². The van der Waals surface area contributed by atoms with Crippen molar-refractivity contribution >= 4 is 5.69 Å². The predicted molar refractivity (Wildman–Crippen MR) is 96.4 cm³/mol. The Morgan fingerprint density at radius 2 is 1.25 bits per heavy atom. The monoisotopic (exact) mass is 316 g/mol. The van der Waals surface area contributed by atoms with Gasteiger partial charge in [0.2, 0.25) is 0 Å². The van der Waals surface area contributed by atoms with E-state index in [1.54, 1.807) is 0 Å². The maximum Gasteiger partial charge on any atom is 0.176 e. The Morgan fingerprint density at radius 3 is 1.88 bits per heavy atom. The van der Waals surface area contributed by atoms with Gasteiger partial charge in [-0.25, -0.2) is 0 Å². The van der Waals surface area contributed by atoms with Gasteiger partial charge in [0.1, 0.15) is 0 Å². The van der Waals surface area contributed by atoms with Crippen LogP contribution in [0.15, 0.2) is 91.0 Å². The minimum absolute atomic E-state index is 0.131. The van der Waals surface area contributed by atoms with E-state index in [2.05, 4.69) is 71.0 Å². The summed E-state index contributed by atoms with van der Waals surface area (Å²) in [7, 11) is 0. The molecule has 4 rings (SSSR count). The van der Waals surface area contributed by atoms with Crippen molar-refractivity contribution < 1.29 is 4.84 Å². The molecular formula is C21H20N2O. The number of nitrogens with one attached hydrogen (secondary N) is 1. The second kappa shape index (κ2) is 6.87. The number of hydrogen-bond acceptors (Lipinski definition) is 3. The molecule has 1 fully saturated rings. The van der Waals surface area contributed by atoms with E-state index in [1.165, 1.54) is 5.56 Å². The van der Waals surface area contributed by atoms with Gasteiger partial charge in [-0.05, 0) is 17.7 Å². The first-order valence-electron chi connectivity index (χ1n) is 8.24. The van der Waals surface area contributed by atoms with Gasteiger partial charge >= 0.3 is 0 Å². The molecule has 1 heterocycles. The lowest BCUT2D eigenvalue weighted by Crippen LogP contribution is -2.46. The van der Waals surface area contributed by atoms with Crippen molar-refractivity contribution in [3.8, 4) is 0 Å². The number of nitrogens with zero attached hydrogens (tertiary/aromatic N) is 1. The number of para-hydroxylation sites is 1. The van der Waals surface area contributed by atoms with Crippen molar-refractivity contribution in [3.05, 3.63) is 102 Å². The maximum atomic E-state index is 6.07. The summed E-state index contributed by atoms with van der Waals surface area (Å²) in [4.78, 5) is 8.38. The minimum Gasteiger partial charge on any atom is -0.339 e. The third-order valence-corrected chi connectivity index (χ3v) is 4.36. The van der Waals surface area contributed by atoms with Crippen LogP contribution in [0.1, 0.15) is 23.4 Å². The average molecular weight is 316 g/mol. The number of hydrogen-bond donors (Lipinski definition) is 1. The molecule has 3 aromatic rings. The summed E-state index contributed by atoms with van der Waals surface area (Å²) in [5.41, 5.74) is 6.77. The molecule has 1 N–H and O–H groups in total. The molecule has 1 aliphatic rings. The van der Waals surface area contributed by atoms with Crippen LogP contribution in [0.2, 0.25) is 0 Å². The van der Waals surface area contributed by atoms with E-state index in [9.17, 15) is 0 Å². The molecule has 3 nitrogen and oxygen atoms in total. The van der Waals surface area contributed by atoms with Crippen LogP contribution in [0.4, 0.5) is 5.69 Å². The fraction of sp³-hybridized carbons (Fsp3) is 0.143. The quantitative estimate of drug-likeness (QED) is 0.771. The third-order valence-electron chi connectivity index (χ3n) is 4.36. The molecule has 0 radical (unpaired) electrons. The number of hydroxylamine groups is 1. The first-order chi connectivity index (χ1) is 11.9. The van der Waals surface area contributed by atoms with Gasteiger partial charge < -0.3 is 4.90 Å². The molecule has 0 amide bonds. The van der Waals surface area contributed by atoms with Crippen molar-refractivity contribution in [2.75, 3.05) is 11.4 Å². The summed E-state index contributed by atoms with van der Waals surface area (Å²) in [5, 5.41) is 0. The molecule has 2 atom stereocenters. The largest absolute Gasteiger partial charge is 0.339 e. The van der Waals surface area contributed by atoms with Crippen LogP contribution in [0.25, 0.3) is 0 Å². The van der Waals surface area contributed by atoms with Crippen molar-refractivity contribution in [2.24, 2.45) is 0 Å². The summed E-state index contributed by atoms with van der Waals surface area (Å²) >= 11 is 0. The Labute approximate surface area is 142 Å². The van der Waals surface area contributed by atoms with Gasteiger partial charge in [0.25, 0.3) is 0 Å². The highest BCUT2D eigenvalue weighted by Gasteiger charge is 2.31. The summed E-state index contributed by atoms with van der Waals surface area (Å²) in [5.74, 6) is 0. The number of benzene rings is 3. The van der Waals surface area contributed by atoms with Gasteiger partial charge in [-0.3, -0.25) is 4.84 Å². The van der Waals surface area contributed by atoms with Crippen LogP contribution in [0, 0.1) is 0 Å². The Balaban J connectivity index is 1.67. The van der Waals surface area contributed by atoms with E-state index in [1.807, 2.05) is 30.3 Å². The van der Waals surface area contributed by atoms with Crippen molar-refractivity contribution in [1.82, 2.24) is 5.48 Å². The predicted octanol–water partition coefficient (Wildman–Crippen LogP) is 4.47. The molecule has 0 bridgehead atoms. The van der Waals surface area contributed by atoms with Gasteiger partial charge in [0.05, 0.1) is 6.04 Å². The lowest BCUT2D eigenvalue weighted by atomic mass is 10.0. The fourth-order valence-electron chi connectivity index (χ4n) is 3.12. The molecule has 1 saturated heterocycles. The lowest BCUT2D eigenvalue weighted by Gasteiger charge is -2.41. The van der Waals surface area contributed by atoms with Gasteiger partial charge in [-0.15, -0.1) is 0 Å².